The summed E-state index contributed by atoms with van der Waals surface area (Å²) in [7, 11) is 0. The second kappa shape index (κ2) is 18.6. The van der Waals surface area contributed by atoms with Gasteiger partial charge in [0, 0.05) is 26.1 Å². The van der Waals surface area contributed by atoms with E-state index in [0.29, 0.717) is 0 Å². The Balaban J connectivity index is 0.000000944. The normalized spacial score (nSPS) is 45.5. The number of alkyl halides is 3. The van der Waals surface area contributed by atoms with Crippen LogP contribution in [0, 0.1) is 0 Å². The quantitative estimate of drug-likeness (QED) is 0.0980. The van der Waals surface area contributed by atoms with Crippen molar-refractivity contribution >= 4 is 11.9 Å². The maximum atomic E-state index is 12.1. The highest BCUT2D eigenvalue weighted by molar-refractivity contribution is 5.73. The topological polar surface area (TPSA) is 393 Å². The molecule has 0 spiro atoms. The number of halogens is 3. The SMILES string of the molecule is CC(=O)N[C@H]1C[C@@H](N)[C@H](O)[C@@H](O[C@@H]2O[C@H](CO)[C@@H](OC3O[C@@H](CN)[C@@H](O)[C@H](O)[C@H]3N)[C@H]2O)[C@@H]1O[C@H]1O[C@H](CN)[C@@H](O)[C@H](O)[C@H]1N.O=C(O)C(F)(F)F. The minimum Gasteiger partial charge on any atom is -0.475 e. The predicted octanol–water partition coefficient (Wildman–Crippen LogP) is -8.08. The molecular weight excluding hydrogens is 721 g/mol. The van der Waals surface area contributed by atoms with Crippen LogP contribution in [0.2, 0.25) is 0 Å². The molecule has 0 aromatic heterocycles. The maximum Gasteiger partial charge on any atom is 0.490 e. The van der Waals surface area contributed by atoms with Gasteiger partial charge in [-0.3, -0.25) is 4.79 Å². The van der Waals surface area contributed by atoms with Crippen molar-refractivity contribution in [3.63, 3.8) is 0 Å². The largest absolute Gasteiger partial charge is 0.490 e. The summed E-state index contributed by atoms with van der Waals surface area (Å²) in [4.78, 5) is 21.0. The lowest BCUT2D eigenvalue weighted by Gasteiger charge is -2.48. The van der Waals surface area contributed by atoms with Gasteiger partial charge < -0.3 is 103 Å². The van der Waals surface area contributed by atoms with Gasteiger partial charge >= 0.3 is 12.1 Å². The minimum absolute atomic E-state index is 0.00516. The van der Waals surface area contributed by atoms with Gasteiger partial charge in [0.25, 0.3) is 0 Å². The van der Waals surface area contributed by atoms with Gasteiger partial charge in [-0.05, 0) is 6.42 Å². The van der Waals surface area contributed by atoms with Gasteiger partial charge in [-0.25, -0.2) is 4.79 Å². The number of amides is 1. The van der Waals surface area contributed by atoms with Gasteiger partial charge in [0.05, 0.1) is 30.8 Å². The summed E-state index contributed by atoms with van der Waals surface area (Å²) in [6, 6.07) is -4.43. The Labute approximate surface area is 293 Å². The smallest absolute Gasteiger partial charge is 0.475 e. The number of carboxylic acids is 1. The molecule has 0 aromatic rings. The fourth-order valence-corrected chi connectivity index (χ4v) is 6.10. The molecule has 3 aliphatic heterocycles. The summed E-state index contributed by atoms with van der Waals surface area (Å²) in [6.45, 7) is 0.191. The molecule has 52 heavy (non-hydrogen) atoms. The standard InChI is InChI=1S/C25H48N6O14.C2HF3O2/c1-6(33)31-8-2-7(28)14(34)22(20(8)43-23-12(29)17(37)15(35)9(3-26)40-23)45-25-19(39)21(11(5-32)42-25)44-24-13(30)18(38)16(36)10(4-27)41-24;3-2(4,5)1(6)7/h7-25,32,34-39H,2-5,26-30H2,1H3,(H,31,33);(H,6,7)/t7-,8+,9-,10+,11-,12-,13-,14+,15-,16-,17-,18-,19-,20-,21-,22-,23-,24?,25+;/m1./s1. The van der Waals surface area contributed by atoms with E-state index in [1.807, 2.05) is 0 Å². The van der Waals surface area contributed by atoms with Crippen molar-refractivity contribution < 1.29 is 92.0 Å². The summed E-state index contributed by atoms with van der Waals surface area (Å²) in [5.74, 6) is -3.23. The highest BCUT2D eigenvalue weighted by Gasteiger charge is 2.55. The van der Waals surface area contributed by atoms with Gasteiger partial charge in [0.2, 0.25) is 5.91 Å². The highest BCUT2D eigenvalue weighted by Crippen LogP contribution is 2.34. The average Bonchev–Trinajstić information content (AvgIpc) is 3.37. The molecule has 22 nitrogen and oxygen atoms in total. The number of rotatable bonds is 10. The molecule has 304 valence electrons. The van der Waals surface area contributed by atoms with Gasteiger partial charge in [0.1, 0.15) is 67.1 Å². The summed E-state index contributed by atoms with van der Waals surface area (Å²) in [5.41, 5.74) is 29.6. The molecule has 1 aliphatic carbocycles. The molecule has 1 saturated carbocycles. The third-order valence-electron chi connectivity index (χ3n) is 8.96. The second-order valence-corrected chi connectivity index (χ2v) is 12.7. The minimum atomic E-state index is -5.08. The van der Waals surface area contributed by atoms with Gasteiger partial charge in [-0.1, -0.05) is 0 Å². The van der Waals surface area contributed by atoms with Crippen molar-refractivity contribution in [3.05, 3.63) is 0 Å². The number of hydrogen-bond donors (Lipinski definition) is 14. The zero-order valence-corrected chi connectivity index (χ0v) is 27.7. The second-order valence-electron chi connectivity index (χ2n) is 12.7. The Morgan fingerprint density at radius 2 is 1.13 bits per heavy atom. The van der Waals surface area contributed by atoms with Crippen molar-refractivity contribution in [2.75, 3.05) is 19.7 Å². The van der Waals surface area contributed by atoms with Crippen molar-refractivity contribution in [1.82, 2.24) is 5.32 Å². The van der Waals surface area contributed by atoms with Gasteiger partial charge in [0.15, 0.2) is 18.9 Å². The first kappa shape index (κ1) is 44.4. The van der Waals surface area contributed by atoms with Crippen molar-refractivity contribution in [1.29, 1.82) is 0 Å². The number of aliphatic hydroxyl groups excluding tert-OH is 7. The van der Waals surface area contributed by atoms with Crippen LogP contribution in [0.15, 0.2) is 0 Å². The fraction of sp³-hybridized carbons (Fsp3) is 0.926. The molecule has 1 amide bonds. The number of ether oxygens (including phenoxy) is 6. The molecule has 19 atom stereocenters. The van der Waals surface area contributed by atoms with Crippen LogP contribution in [0.5, 0.6) is 0 Å². The Morgan fingerprint density at radius 1 is 0.712 bits per heavy atom. The van der Waals surface area contributed by atoms with Gasteiger partial charge in [-0.2, -0.15) is 13.2 Å². The van der Waals surface area contributed by atoms with E-state index in [9.17, 15) is 53.7 Å². The number of carbonyl (C=O) groups excluding carboxylic acids is 1. The number of aliphatic carboxylic acids is 1. The zero-order valence-electron chi connectivity index (χ0n) is 27.7. The van der Waals surface area contributed by atoms with Gasteiger partial charge in [-0.15, -0.1) is 0 Å². The molecular formula is C27H49F3N6O16. The van der Waals surface area contributed by atoms with Crippen molar-refractivity contribution in [3.8, 4) is 0 Å². The van der Waals surface area contributed by atoms with Crippen LogP contribution < -0.4 is 34.0 Å². The molecule has 4 aliphatic rings. The molecule has 0 aromatic carbocycles. The third-order valence-corrected chi connectivity index (χ3v) is 8.96. The van der Waals surface area contributed by atoms with E-state index in [2.05, 4.69) is 5.32 Å². The first-order valence-electron chi connectivity index (χ1n) is 16.0. The lowest BCUT2D eigenvalue weighted by molar-refractivity contribution is -0.308. The molecule has 4 rings (SSSR count). The number of aliphatic hydroxyl groups is 7. The lowest BCUT2D eigenvalue weighted by Crippen LogP contribution is -2.69. The predicted molar refractivity (Wildman–Crippen MR) is 162 cm³/mol. The molecule has 3 heterocycles. The summed E-state index contributed by atoms with van der Waals surface area (Å²) in [5, 5.41) is 83.4. The fourth-order valence-electron chi connectivity index (χ4n) is 6.10. The lowest BCUT2D eigenvalue weighted by atomic mass is 9.83. The van der Waals surface area contributed by atoms with E-state index in [0.717, 1.165) is 0 Å². The Bertz CT molecular complexity index is 1170. The Kier molecular flexibility index (Phi) is 15.9. The van der Waals surface area contributed by atoms with E-state index < -0.39 is 141 Å². The monoisotopic (exact) mass is 770 g/mol. The van der Waals surface area contributed by atoms with E-state index in [1.54, 1.807) is 0 Å². The van der Waals surface area contributed by atoms with Crippen LogP contribution >= 0.6 is 0 Å². The first-order chi connectivity index (χ1) is 24.2. The first-order valence-corrected chi connectivity index (χ1v) is 16.0. The van der Waals surface area contributed by atoms with E-state index in [1.165, 1.54) is 6.92 Å². The van der Waals surface area contributed by atoms with Crippen LogP contribution in [0.25, 0.3) is 0 Å². The number of carbonyl (C=O) groups is 2. The Hall–Kier alpha value is -1.99. The third kappa shape index (κ3) is 10.2. The molecule has 0 radical (unpaired) electrons. The summed E-state index contributed by atoms with van der Waals surface area (Å²) < 4.78 is 66.7. The number of carboxylic acid groups (broad SMARTS) is 1. The number of hydrogen-bond acceptors (Lipinski definition) is 20. The average molecular weight is 771 g/mol. The molecule has 4 fully saturated rings. The number of nitrogens with two attached hydrogens (primary N) is 5. The maximum absolute atomic E-state index is 12.1. The molecule has 0 bridgehead atoms. The van der Waals surface area contributed by atoms with E-state index in [4.69, 9.17) is 67.0 Å². The summed E-state index contributed by atoms with van der Waals surface area (Å²) in [6.07, 6.45) is -25.8. The number of nitrogens with one attached hydrogen (secondary N) is 1. The molecule has 19 N–H and O–H groups in total. The highest BCUT2D eigenvalue weighted by atomic mass is 19.4. The van der Waals surface area contributed by atoms with Crippen molar-refractivity contribution in [2.45, 2.75) is 136 Å². The van der Waals surface area contributed by atoms with Crippen LogP contribution in [0.4, 0.5) is 13.2 Å². The van der Waals surface area contributed by atoms with E-state index in [-0.39, 0.29) is 19.5 Å². The van der Waals surface area contributed by atoms with E-state index >= 15 is 0 Å². The zero-order chi connectivity index (χ0) is 39.4. The molecule has 1 unspecified atom stereocenters. The summed E-state index contributed by atoms with van der Waals surface area (Å²) >= 11 is 0. The molecule has 25 heteroatoms. The van der Waals surface area contributed by atoms with Crippen LogP contribution in [0.3, 0.4) is 0 Å². The van der Waals surface area contributed by atoms with Crippen LogP contribution in [0.1, 0.15) is 13.3 Å². The molecule has 3 saturated heterocycles. The van der Waals surface area contributed by atoms with Crippen molar-refractivity contribution in [2.24, 2.45) is 28.7 Å². The Morgan fingerprint density at radius 3 is 1.54 bits per heavy atom. The van der Waals surface area contributed by atoms with Crippen LogP contribution in [-0.2, 0) is 38.0 Å². The van der Waals surface area contributed by atoms with Crippen LogP contribution in [-0.4, -0.2) is 195 Å².